The third-order valence-corrected chi connectivity index (χ3v) is 3.77. The smallest absolute Gasteiger partial charge is 0.293 e. The van der Waals surface area contributed by atoms with Crippen molar-refractivity contribution in [2.24, 2.45) is 0 Å². The fourth-order valence-corrected chi connectivity index (χ4v) is 2.48. The van der Waals surface area contributed by atoms with E-state index in [0.717, 1.165) is 6.07 Å². The molecule has 0 aromatic heterocycles. The molecule has 0 bridgehead atoms. The van der Waals surface area contributed by atoms with Crippen LogP contribution in [0.3, 0.4) is 0 Å². The maximum atomic E-state index is 14.1. The highest BCUT2D eigenvalue weighted by atomic mass is 19.1. The molecule has 1 unspecified atom stereocenters. The molecule has 0 saturated carbocycles. The van der Waals surface area contributed by atoms with Crippen molar-refractivity contribution in [1.29, 1.82) is 5.26 Å². The Balaban J connectivity index is 2.32. The molecule has 130 valence electrons. The molecule has 0 heterocycles. The molecular weight excluding hydrogens is 330 g/mol. The average molecular weight is 346 g/mol. The maximum Gasteiger partial charge on any atom is 0.293 e. The molecule has 0 amide bonds. The van der Waals surface area contributed by atoms with E-state index in [0.29, 0.717) is 0 Å². The molecular formula is C17H16F2N4O2. The van der Waals surface area contributed by atoms with Crippen LogP contribution >= 0.6 is 0 Å². The molecule has 0 aliphatic carbocycles. The van der Waals surface area contributed by atoms with Crippen molar-refractivity contribution in [2.75, 3.05) is 26.0 Å². The van der Waals surface area contributed by atoms with Crippen LogP contribution in [0.15, 0.2) is 36.4 Å². The number of nitrogens with one attached hydrogen (secondary N) is 1. The lowest BCUT2D eigenvalue weighted by Crippen LogP contribution is -2.28. The quantitative estimate of drug-likeness (QED) is 0.640. The van der Waals surface area contributed by atoms with Crippen LogP contribution in [0.25, 0.3) is 0 Å². The molecule has 1 atom stereocenters. The number of benzene rings is 2. The van der Waals surface area contributed by atoms with Gasteiger partial charge in [-0.1, -0.05) is 6.07 Å². The zero-order valence-corrected chi connectivity index (χ0v) is 13.7. The number of hydrogen-bond acceptors (Lipinski definition) is 5. The summed E-state index contributed by atoms with van der Waals surface area (Å²) in [5, 5.41) is 22.9. The van der Waals surface area contributed by atoms with Gasteiger partial charge in [0.1, 0.15) is 17.3 Å². The van der Waals surface area contributed by atoms with Crippen LogP contribution in [0.2, 0.25) is 0 Å². The molecule has 8 heteroatoms. The Labute approximate surface area is 143 Å². The summed E-state index contributed by atoms with van der Waals surface area (Å²) >= 11 is 0. The Morgan fingerprint density at radius 2 is 1.92 bits per heavy atom. The molecule has 0 radical (unpaired) electrons. The van der Waals surface area contributed by atoms with Crippen molar-refractivity contribution in [3.63, 3.8) is 0 Å². The molecule has 0 fully saturated rings. The fraction of sp³-hybridized carbons (Fsp3) is 0.235. The van der Waals surface area contributed by atoms with E-state index in [2.05, 4.69) is 5.32 Å². The van der Waals surface area contributed by atoms with Gasteiger partial charge in [0.2, 0.25) is 0 Å². The second kappa shape index (κ2) is 7.68. The van der Waals surface area contributed by atoms with E-state index in [1.165, 1.54) is 30.3 Å². The first-order valence-electron chi connectivity index (χ1n) is 7.38. The van der Waals surface area contributed by atoms with E-state index >= 15 is 0 Å². The normalized spacial score (nSPS) is 11.8. The van der Waals surface area contributed by atoms with Crippen molar-refractivity contribution >= 4 is 11.4 Å². The summed E-state index contributed by atoms with van der Waals surface area (Å²) in [4.78, 5) is 12.2. The van der Waals surface area contributed by atoms with Crippen molar-refractivity contribution < 1.29 is 13.7 Å². The van der Waals surface area contributed by atoms with Crippen LogP contribution in [-0.2, 0) is 0 Å². The van der Waals surface area contributed by atoms with Gasteiger partial charge < -0.3 is 10.2 Å². The van der Waals surface area contributed by atoms with Crippen LogP contribution in [-0.4, -0.2) is 30.5 Å². The van der Waals surface area contributed by atoms with Crippen LogP contribution in [0, 0.1) is 33.1 Å². The third kappa shape index (κ3) is 4.08. The summed E-state index contributed by atoms with van der Waals surface area (Å²) in [6.07, 6.45) is 0. The van der Waals surface area contributed by atoms with Crippen molar-refractivity contribution in [2.45, 2.75) is 6.04 Å². The first-order valence-corrected chi connectivity index (χ1v) is 7.38. The number of likely N-dealkylation sites (N-methyl/N-ethyl adjacent to an activating group) is 1. The van der Waals surface area contributed by atoms with Crippen molar-refractivity contribution in [3.05, 3.63) is 69.3 Å². The van der Waals surface area contributed by atoms with Crippen molar-refractivity contribution in [1.82, 2.24) is 4.90 Å². The number of rotatable bonds is 6. The monoisotopic (exact) mass is 346 g/mol. The van der Waals surface area contributed by atoms with Gasteiger partial charge in [-0.25, -0.2) is 8.78 Å². The predicted octanol–water partition coefficient (Wildman–Crippen LogP) is 3.46. The molecule has 2 rings (SSSR count). The zero-order valence-electron chi connectivity index (χ0n) is 13.7. The van der Waals surface area contributed by atoms with Gasteiger partial charge in [0.05, 0.1) is 22.6 Å². The van der Waals surface area contributed by atoms with Crippen LogP contribution in [0.1, 0.15) is 17.2 Å². The standard InChI is InChI=1S/C17H16F2N4O2/c1-22(2)16(17-12(18)4-3-5-13(17)19)10-21-14-7-6-11(9-20)8-15(14)23(24)25/h3-8,16,21H,10H2,1-2H3. The second-order valence-electron chi connectivity index (χ2n) is 5.60. The van der Waals surface area contributed by atoms with Gasteiger partial charge in [0, 0.05) is 18.2 Å². The Hall–Kier alpha value is -3.05. The topological polar surface area (TPSA) is 82.2 Å². The van der Waals surface area contributed by atoms with Crippen LogP contribution in [0.5, 0.6) is 0 Å². The third-order valence-electron chi connectivity index (χ3n) is 3.77. The number of hydrogen-bond donors (Lipinski definition) is 1. The molecule has 0 spiro atoms. The molecule has 0 aliphatic rings. The number of nitro benzene ring substituents is 1. The largest absolute Gasteiger partial charge is 0.378 e. The molecule has 2 aromatic carbocycles. The Morgan fingerprint density at radius 1 is 1.28 bits per heavy atom. The zero-order chi connectivity index (χ0) is 18.6. The summed E-state index contributed by atoms with van der Waals surface area (Å²) in [5.74, 6) is -1.37. The predicted molar refractivity (Wildman–Crippen MR) is 89.1 cm³/mol. The lowest BCUT2D eigenvalue weighted by molar-refractivity contribution is -0.384. The van der Waals surface area contributed by atoms with E-state index in [1.54, 1.807) is 19.0 Å². The van der Waals surface area contributed by atoms with Crippen LogP contribution < -0.4 is 5.32 Å². The number of nitro groups is 1. The first-order chi connectivity index (χ1) is 11.8. The molecule has 0 aliphatic heterocycles. The Morgan fingerprint density at radius 3 is 2.44 bits per heavy atom. The number of nitriles is 1. The minimum Gasteiger partial charge on any atom is -0.378 e. The lowest BCUT2D eigenvalue weighted by atomic mass is 10.0. The van der Waals surface area contributed by atoms with E-state index in [-0.39, 0.29) is 29.0 Å². The Bertz CT molecular complexity index is 814. The van der Waals surface area contributed by atoms with E-state index in [1.807, 2.05) is 6.07 Å². The van der Waals surface area contributed by atoms with Crippen LogP contribution in [0.4, 0.5) is 20.2 Å². The van der Waals surface area contributed by atoms with Gasteiger partial charge in [0.15, 0.2) is 0 Å². The van der Waals surface area contributed by atoms with Gasteiger partial charge in [-0.15, -0.1) is 0 Å². The lowest BCUT2D eigenvalue weighted by Gasteiger charge is -2.26. The summed E-state index contributed by atoms with van der Waals surface area (Å²) in [7, 11) is 3.32. The Kier molecular flexibility index (Phi) is 5.62. The SMILES string of the molecule is CN(C)C(CNc1ccc(C#N)cc1[N+](=O)[O-])c1c(F)cccc1F. The average Bonchev–Trinajstić information content (AvgIpc) is 2.56. The van der Waals surface area contributed by atoms with Gasteiger partial charge >= 0.3 is 0 Å². The molecule has 2 aromatic rings. The minimum absolute atomic E-state index is 0.0393. The van der Waals surface area contributed by atoms with Gasteiger partial charge in [-0.2, -0.15) is 5.26 Å². The number of anilines is 1. The summed E-state index contributed by atoms with van der Waals surface area (Å²) in [5.41, 5.74) is -0.0592. The molecule has 0 saturated heterocycles. The highest BCUT2D eigenvalue weighted by Gasteiger charge is 2.23. The van der Waals surface area contributed by atoms with Gasteiger partial charge in [-0.3, -0.25) is 10.1 Å². The summed E-state index contributed by atoms with van der Waals surface area (Å²) < 4.78 is 28.1. The minimum atomic E-state index is -0.685. The second-order valence-corrected chi connectivity index (χ2v) is 5.60. The first kappa shape index (κ1) is 18.3. The van der Waals surface area contributed by atoms with Gasteiger partial charge in [-0.05, 0) is 38.4 Å². The number of halogens is 2. The van der Waals surface area contributed by atoms with Crippen molar-refractivity contribution in [3.8, 4) is 6.07 Å². The highest BCUT2D eigenvalue weighted by molar-refractivity contribution is 5.64. The molecule has 1 N–H and O–H groups in total. The maximum absolute atomic E-state index is 14.1. The number of nitrogens with zero attached hydrogens (tertiary/aromatic N) is 3. The summed E-state index contributed by atoms with van der Waals surface area (Å²) in [6, 6.07) is 8.75. The summed E-state index contributed by atoms with van der Waals surface area (Å²) in [6.45, 7) is 0.0393. The molecule has 6 nitrogen and oxygen atoms in total. The van der Waals surface area contributed by atoms with E-state index < -0.39 is 22.6 Å². The molecule has 25 heavy (non-hydrogen) atoms. The fourth-order valence-electron chi connectivity index (χ4n) is 2.48. The van der Waals surface area contributed by atoms with Gasteiger partial charge in [0.25, 0.3) is 5.69 Å². The van der Waals surface area contributed by atoms with E-state index in [4.69, 9.17) is 5.26 Å². The highest BCUT2D eigenvalue weighted by Crippen LogP contribution is 2.29. The van der Waals surface area contributed by atoms with E-state index in [9.17, 15) is 18.9 Å².